The molecule has 0 unspecified atom stereocenters. The minimum absolute atomic E-state index is 0.0464. The molecule has 1 heterocycles. The van der Waals surface area contributed by atoms with E-state index in [4.69, 9.17) is 5.73 Å². The fourth-order valence-electron chi connectivity index (χ4n) is 1.86. The lowest BCUT2D eigenvalue weighted by molar-refractivity contribution is 0.461. The maximum absolute atomic E-state index is 11.4. The van der Waals surface area contributed by atoms with Crippen molar-refractivity contribution in [2.45, 2.75) is 39.2 Å². The summed E-state index contributed by atoms with van der Waals surface area (Å²) in [7, 11) is 0. The van der Waals surface area contributed by atoms with Crippen molar-refractivity contribution in [3.8, 4) is 0 Å². The Bertz CT molecular complexity index is 404. The molecule has 3 nitrogen and oxygen atoms in total. The molecule has 1 saturated carbocycles. The Balaban J connectivity index is 1.92. The molecule has 2 N–H and O–H groups in total. The molecular formula is C12H18N2O. The van der Waals surface area contributed by atoms with Gasteiger partial charge in [0.25, 0.3) is 5.56 Å². The van der Waals surface area contributed by atoms with E-state index in [0.717, 1.165) is 13.0 Å². The molecule has 0 bridgehead atoms. The van der Waals surface area contributed by atoms with Crippen LogP contribution >= 0.6 is 0 Å². The average molecular weight is 206 g/mol. The molecule has 1 aliphatic carbocycles. The van der Waals surface area contributed by atoms with Crippen LogP contribution < -0.4 is 11.3 Å². The maximum Gasteiger partial charge on any atom is 0.250 e. The van der Waals surface area contributed by atoms with Crippen LogP contribution in [0.25, 0.3) is 0 Å². The molecule has 15 heavy (non-hydrogen) atoms. The first-order valence-corrected chi connectivity index (χ1v) is 5.55. The SMILES string of the molecule is CC1(CCCn2cc(N)ccc2=O)CC1. The quantitative estimate of drug-likeness (QED) is 0.819. The summed E-state index contributed by atoms with van der Waals surface area (Å²) in [6, 6.07) is 3.19. The lowest BCUT2D eigenvalue weighted by Crippen LogP contribution is -2.19. The molecule has 1 aliphatic rings. The van der Waals surface area contributed by atoms with Crippen LogP contribution in [0.3, 0.4) is 0 Å². The van der Waals surface area contributed by atoms with E-state index >= 15 is 0 Å². The van der Waals surface area contributed by atoms with E-state index in [1.54, 1.807) is 16.8 Å². The molecule has 0 saturated heterocycles. The number of hydrogen-bond acceptors (Lipinski definition) is 2. The van der Waals surface area contributed by atoms with Crippen molar-refractivity contribution < 1.29 is 0 Å². The Morgan fingerprint density at radius 2 is 2.20 bits per heavy atom. The van der Waals surface area contributed by atoms with Crippen molar-refractivity contribution in [3.05, 3.63) is 28.7 Å². The van der Waals surface area contributed by atoms with Gasteiger partial charge in [0, 0.05) is 24.5 Å². The fraction of sp³-hybridized carbons (Fsp3) is 0.583. The highest BCUT2D eigenvalue weighted by Gasteiger charge is 2.35. The minimum atomic E-state index is 0.0464. The van der Waals surface area contributed by atoms with Gasteiger partial charge in [0.1, 0.15) is 0 Å². The molecule has 2 rings (SSSR count). The standard InChI is InChI=1S/C12H18N2O/c1-12(6-7-12)5-2-8-14-9-10(13)3-4-11(14)15/h3-4,9H,2,5-8,13H2,1H3. The number of aryl methyl sites for hydroxylation is 1. The highest BCUT2D eigenvalue weighted by Crippen LogP contribution is 2.48. The number of rotatable bonds is 4. The molecule has 0 spiro atoms. The van der Waals surface area contributed by atoms with Crippen molar-refractivity contribution in [1.82, 2.24) is 4.57 Å². The summed E-state index contributed by atoms with van der Waals surface area (Å²) < 4.78 is 1.71. The lowest BCUT2D eigenvalue weighted by atomic mass is 10.0. The molecule has 0 amide bonds. The molecule has 0 atom stereocenters. The van der Waals surface area contributed by atoms with E-state index in [1.165, 1.54) is 25.3 Å². The van der Waals surface area contributed by atoms with E-state index in [1.807, 2.05) is 0 Å². The number of anilines is 1. The van der Waals surface area contributed by atoms with E-state index < -0.39 is 0 Å². The summed E-state index contributed by atoms with van der Waals surface area (Å²) in [5, 5.41) is 0. The van der Waals surface area contributed by atoms with Gasteiger partial charge < -0.3 is 10.3 Å². The largest absolute Gasteiger partial charge is 0.398 e. The number of nitrogen functional groups attached to an aromatic ring is 1. The van der Waals surface area contributed by atoms with Gasteiger partial charge >= 0.3 is 0 Å². The van der Waals surface area contributed by atoms with Gasteiger partial charge in [0.15, 0.2) is 0 Å². The minimum Gasteiger partial charge on any atom is -0.398 e. The maximum atomic E-state index is 11.4. The van der Waals surface area contributed by atoms with E-state index in [-0.39, 0.29) is 5.56 Å². The van der Waals surface area contributed by atoms with Gasteiger partial charge in [-0.2, -0.15) is 0 Å². The second-order valence-corrected chi connectivity index (χ2v) is 4.91. The van der Waals surface area contributed by atoms with Crippen LogP contribution in [-0.2, 0) is 6.54 Å². The smallest absolute Gasteiger partial charge is 0.250 e. The number of aromatic nitrogens is 1. The third-order valence-electron chi connectivity index (χ3n) is 3.29. The van der Waals surface area contributed by atoms with Gasteiger partial charge in [0.2, 0.25) is 0 Å². The van der Waals surface area contributed by atoms with Crippen LogP contribution in [0.1, 0.15) is 32.6 Å². The lowest BCUT2D eigenvalue weighted by Gasteiger charge is -2.09. The highest BCUT2D eigenvalue weighted by molar-refractivity contribution is 5.33. The number of pyridine rings is 1. The van der Waals surface area contributed by atoms with Crippen LogP contribution in [0.2, 0.25) is 0 Å². The summed E-state index contributed by atoms with van der Waals surface area (Å²) in [6.45, 7) is 3.11. The Labute approximate surface area is 89.9 Å². The van der Waals surface area contributed by atoms with Crippen molar-refractivity contribution >= 4 is 5.69 Å². The first-order valence-electron chi connectivity index (χ1n) is 5.55. The van der Waals surface area contributed by atoms with Gasteiger partial charge in [-0.1, -0.05) is 6.92 Å². The highest BCUT2D eigenvalue weighted by atomic mass is 16.1. The summed E-state index contributed by atoms with van der Waals surface area (Å²) in [6.07, 6.45) is 6.71. The molecule has 82 valence electrons. The van der Waals surface area contributed by atoms with Gasteiger partial charge in [-0.05, 0) is 37.2 Å². The van der Waals surface area contributed by atoms with E-state index in [9.17, 15) is 4.79 Å². The van der Waals surface area contributed by atoms with Gasteiger partial charge in [0.05, 0.1) is 0 Å². The molecule has 1 aromatic heterocycles. The van der Waals surface area contributed by atoms with Crippen LogP contribution in [0.5, 0.6) is 0 Å². The molecular weight excluding hydrogens is 188 g/mol. The molecule has 0 radical (unpaired) electrons. The first-order chi connectivity index (χ1) is 7.09. The Hall–Kier alpha value is -1.25. The van der Waals surface area contributed by atoms with Crippen LogP contribution in [0.15, 0.2) is 23.1 Å². The monoisotopic (exact) mass is 206 g/mol. The average Bonchev–Trinajstić information content (AvgIpc) is 2.90. The Morgan fingerprint density at radius 3 is 2.87 bits per heavy atom. The summed E-state index contributed by atoms with van der Waals surface area (Å²) in [5.41, 5.74) is 6.92. The topological polar surface area (TPSA) is 48.0 Å². The van der Waals surface area contributed by atoms with E-state index in [0.29, 0.717) is 11.1 Å². The zero-order chi connectivity index (χ0) is 10.9. The van der Waals surface area contributed by atoms with Gasteiger partial charge in [-0.3, -0.25) is 4.79 Å². The number of nitrogens with two attached hydrogens (primary N) is 1. The summed E-state index contributed by atoms with van der Waals surface area (Å²) >= 11 is 0. The van der Waals surface area contributed by atoms with Crippen LogP contribution in [0, 0.1) is 5.41 Å². The number of nitrogens with zero attached hydrogens (tertiary/aromatic N) is 1. The van der Waals surface area contributed by atoms with Crippen molar-refractivity contribution in [3.63, 3.8) is 0 Å². The van der Waals surface area contributed by atoms with Crippen LogP contribution in [0.4, 0.5) is 5.69 Å². The summed E-state index contributed by atoms with van der Waals surface area (Å²) in [4.78, 5) is 11.4. The molecule has 3 heteroatoms. The zero-order valence-electron chi connectivity index (χ0n) is 9.20. The molecule has 1 fully saturated rings. The van der Waals surface area contributed by atoms with Gasteiger partial charge in [-0.15, -0.1) is 0 Å². The zero-order valence-corrected chi connectivity index (χ0v) is 9.20. The fourth-order valence-corrected chi connectivity index (χ4v) is 1.86. The first kappa shape index (κ1) is 10.3. The number of hydrogen-bond donors (Lipinski definition) is 1. The Kier molecular flexibility index (Phi) is 2.55. The third-order valence-corrected chi connectivity index (χ3v) is 3.29. The predicted molar refractivity (Wildman–Crippen MR) is 61.7 cm³/mol. The van der Waals surface area contributed by atoms with Gasteiger partial charge in [-0.25, -0.2) is 0 Å². The van der Waals surface area contributed by atoms with Crippen molar-refractivity contribution in [2.75, 3.05) is 5.73 Å². The molecule has 0 aromatic carbocycles. The summed E-state index contributed by atoms with van der Waals surface area (Å²) in [5.74, 6) is 0. The van der Waals surface area contributed by atoms with E-state index in [2.05, 4.69) is 6.92 Å². The van der Waals surface area contributed by atoms with Crippen molar-refractivity contribution in [2.24, 2.45) is 5.41 Å². The second-order valence-electron chi connectivity index (χ2n) is 4.91. The molecule has 0 aliphatic heterocycles. The second kappa shape index (κ2) is 3.72. The third kappa shape index (κ3) is 2.61. The Morgan fingerprint density at radius 1 is 1.47 bits per heavy atom. The normalized spacial score (nSPS) is 17.7. The van der Waals surface area contributed by atoms with Crippen LogP contribution in [-0.4, -0.2) is 4.57 Å². The van der Waals surface area contributed by atoms with Crippen molar-refractivity contribution in [1.29, 1.82) is 0 Å². The molecule has 1 aromatic rings. The predicted octanol–water partition coefficient (Wildman–Crippen LogP) is 2.01.